The summed E-state index contributed by atoms with van der Waals surface area (Å²) in [5, 5.41) is 9.88. The van der Waals surface area contributed by atoms with Gasteiger partial charge in [0, 0.05) is 43.6 Å². The number of piperidine rings is 2. The molecule has 1 aromatic carbocycles. The summed E-state index contributed by atoms with van der Waals surface area (Å²) in [5.74, 6) is 0.481. The van der Waals surface area contributed by atoms with Gasteiger partial charge in [-0.05, 0) is 32.3 Å². The number of rotatable bonds is 3. The highest BCUT2D eigenvalue weighted by Gasteiger charge is 2.42. The highest BCUT2D eigenvalue weighted by atomic mass is 16.3. The Hall–Kier alpha value is -2.04. The standard InChI is InChI=1S/C19H26N2O3/c1-2-20-13-19(10-8-17(20)23)9-5-11-21(14-19)18(24)12-15-6-3-4-7-16(15)22/h3-4,6-7,22H,2,5,8-14H2,1H3/t19-/m1/s1. The molecular weight excluding hydrogens is 304 g/mol. The minimum atomic E-state index is 0.0521. The molecule has 1 atom stereocenters. The van der Waals surface area contributed by atoms with Gasteiger partial charge in [-0.2, -0.15) is 0 Å². The van der Waals surface area contributed by atoms with E-state index in [4.69, 9.17) is 0 Å². The Balaban J connectivity index is 1.68. The molecule has 5 heteroatoms. The maximum Gasteiger partial charge on any atom is 0.227 e. The van der Waals surface area contributed by atoms with E-state index in [2.05, 4.69) is 0 Å². The number of hydrogen-bond donors (Lipinski definition) is 1. The van der Waals surface area contributed by atoms with Crippen molar-refractivity contribution in [2.75, 3.05) is 26.2 Å². The minimum absolute atomic E-state index is 0.0521. The van der Waals surface area contributed by atoms with Crippen LogP contribution in [0.4, 0.5) is 0 Å². The summed E-state index contributed by atoms with van der Waals surface area (Å²) in [7, 11) is 0. The summed E-state index contributed by atoms with van der Waals surface area (Å²) in [5.41, 5.74) is 0.729. The Kier molecular flexibility index (Phi) is 4.78. The number of hydrogen-bond acceptors (Lipinski definition) is 3. The molecule has 5 nitrogen and oxygen atoms in total. The summed E-state index contributed by atoms with van der Waals surface area (Å²) in [4.78, 5) is 28.5. The third-order valence-electron chi connectivity index (χ3n) is 5.48. The van der Waals surface area contributed by atoms with E-state index in [9.17, 15) is 14.7 Å². The molecule has 0 saturated carbocycles. The molecule has 0 radical (unpaired) electrons. The zero-order valence-electron chi connectivity index (χ0n) is 14.3. The van der Waals surface area contributed by atoms with Crippen LogP contribution in [-0.4, -0.2) is 52.9 Å². The fourth-order valence-electron chi connectivity index (χ4n) is 4.08. The van der Waals surface area contributed by atoms with Crippen molar-refractivity contribution in [1.29, 1.82) is 0 Å². The van der Waals surface area contributed by atoms with Crippen molar-refractivity contribution >= 4 is 11.8 Å². The van der Waals surface area contributed by atoms with E-state index in [1.807, 2.05) is 22.8 Å². The second-order valence-electron chi connectivity index (χ2n) is 7.13. The largest absolute Gasteiger partial charge is 0.508 e. The second-order valence-corrected chi connectivity index (χ2v) is 7.13. The first-order valence-corrected chi connectivity index (χ1v) is 8.85. The van der Waals surface area contributed by atoms with Gasteiger partial charge in [0.05, 0.1) is 6.42 Å². The molecule has 1 N–H and O–H groups in total. The minimum Gasteiger partial charge on any atom is -0.508 e. The molecule has 3 rings (SSSR count). The number of nitrogens with zero attached hydrogens (tertiary/aromatic N) is 2. The lowest BCUT2D eigenvalue weighted by Gasteiger charge is -2.48. The van der Waals surface area contributed by atoms with Gasteiger partial charge in [-0.1, -0.05) is 18.2 Å². The maximum absolute atomic E-state index is 12.7. The molecule has 2 fully saturated rings. The lowest BCUT2D eigenvalue weighted by molar-refractivity contribution is -0.142. The first-order valence-electron chi connectivity index (χ1n) is 8.85. The molecule has 0 aliphatic carbocycles. The van der Waals surface area contributed by atoms with Crippen LogP contribution in [0.25, 0.3) is 0 Å². The van der Waals surface area contributed by atoms with Crippen LogP contribution >= 0.6 is 0 Å². The third kappa shape index (κ3) is 3.40. The van der Waals surface area contributed by atoms with Crippen molar-refractivity contribution in [3.05, 3.63) is 29.8 Å². The molecule has 0 bridgehead atoms. The number of likely N-dealkylation sites (tertiary alicyclic amines) is 2. The molecule has 2 amide bonds. The van der Waals surface area contributed by atoms with E-state index in [0.717, 1.165) is 45.4 Å². The van der Waals surface area contributed by atoms with Gasteiger partial charge in [0.25, 0.3) is 0 Å². The van der Waals surface area contributed by atoms with Crippen LogP contribution in [0.3, 0.4) is 0 Å². The molecule has 2 saturated heterocycles. The zero-order valence-corrected chi connectivity index (χ0v) is 14.3. The topological polar surface area (TPSA) is 60.9 Å². The van der Waals surface area contributed by atoms with Crippen LogP contribution < -0.4 is 0 Å². The van der Waals surface area contributed by atoms with Gasteiger partial charge in [-0.15, -0.1) is 0 Å². The van der Waals surface area contributed by atoms with Gasteiger partial charge in [0.2, 0.25) is 11.8 Å². The Morgan fingerprint density at radius 2 is 2.04 bits per heavy atom. The Labute approximate surface area is 143 Å². The van der Waals surface area contributed by atoms with Crippen LogP contribution in [0.2, 0.25) is 0 Å². The number of para-hydroxylation sites is 1. The third-order valence-corrected chi connectivity index (χ3v) is 5.48. The summed E-state index contributed by atoms with van der Waals surface area (Å²) >= 11 is 0. The summed E-state index contributed by atoms with van der Waals surface area (Å²) in [6, 6.07) is 7.01. The molecule has 130 valence electrons. The molecule has 0 unspecified atom stereocenters. The van der Waals surface area contributed by atoms with Crippen molar-refractivity contribution in [1.82, 2.24) is 9.80 Å². The maximum atomic E-state index is 12.7. The molecular formula is C19H26N2O3. The number of phenolic OH excluding ortho intramolecular Hbond substituents is 1. The molecule has 2 heterocycles. The van der Waals surface area contributed by atoms with E-state index in [1.165, 1.54) is 0 Å². The zero-order chi connectivity index (χ0) is 17.2. The predicted molar refractivity (Wildman–Crippen MR) is 91.5 cm³/mol. The average Bonchev–Trinajstić information content (AvgIpc) is 2.59. The number of benzene rings is 1. The van der Waals surface area contributed by atoms with E-state index < -0.39 is 0 Å². The van der Waals surface area contributed by atoms with Crippen molar-refractivity contribution < 1.29 is 14.7 Å². The van der Waals surface area contributed by atoms with Crippen LogP contribution in [0, 0.1) is 5.41 Å². The lowest BCUT2D eigenvalue weighted by atomic mass is 9.73. The Morgan fingerprint density at radius 1 is 1.25 bits per heavy atom. The quantitative estimate of drug-likeness (QED) is 0.924. The smallest absolute Gasteiger partial charge is 0.227 e. The van der Waals surface area contributed by atoms with Crippen molar-refractivity contribution in [2.24, 2.45) is 5.41 Å². The monoisotopic (exact) mass is 330 g/mol. The van der Waals surface area contributed by atoms with Gasteiger partial charge < -0.3 is 14.9 Å². The highest BCUT2D eigenvalue weighted by molar-refractivity contribution is 5.80. The summed E-state index contributed by atoms with van der Waals surface area (Å²) < 4.78 is 0. The van der Waals surface area contributed by atoms with Gasteiger partial charge in [-0.3, -0.25) is 9.59 Å². The second kappa shape index (κ2) is 6.83. The summed E-state index contributed by atoms with van der Waals surface area (Å²) in [6.45, 7) is 5.02. The first kappa shape index (κ1) is 16.8. The Bertz CT molecular complexity index is 631. The number of amides is 2. The number of carbonyl (C=O) groups excluding carboxylic acids is 2. The first-order chi connectivity index (χ1) is 11.5. The molecule has 1 aromatic rings. The van der Waals surface area contributed by atoms with Crippen molar-refractivity contribution in [3.8, 4) is 5.75 Å². The molecule has 0 aromatic heterocycles. The van der Waals surface area contributed by atoms with E-state index >= 15 is 0 Å². The lowest BCUT2D eigenvalue weighted by Crippen LogP contribution is -2.55. The predicted octanol–water partition coefficient (Wildman–Crippen LogP) is 2.19. The van der Waals surface area contributed by atoms with Gasteiger partial charge in [-0.25, -0.2) is 0 Å². The molecule has 2 aliphatic heterocycles. The van der Waals surface area contributed by atoms with E-state index in [1.54, 1.807) is 18.2 Å². The SMILES string of the molecule is CCN1C[C@@]2(CCCN(C(=O)Cc3ccccc3O)C2)CCC1=O. The molecule has 24 heavy (non-hydrogen) atoms. The van der Waals surface area contributed by atoms with Gasteiger partial charge >= 0.3 is 0 Å². The number of phenols is 1. The highest BCUT2D eigenvalue weighted by Crippen LogP contribution is 2.39. The fraction of sp³-hybridized carbons (Fsp3) is 0.579. The molecule has 2 aliphatic rings. The number of carbonyl (C=O) groups is 2. The van der Waals surface area contributed by atoms with Crippen molar-refractivity contribution in [2.45, 2.75) is 39.0 Å². The Morgan fingerprint density at radius 3 is 2.79 bits per heavy atom. The van der Waals surface area contributed by atoms with Gasteiger partial charge in [0.15, 0.2) is 0 Å². The van der Waals surface area contributed by atoms with Crippen LogP contribution in [-0.2, 0) is 16.0 Å². The summed E-state index contributed by atoms with van der Waals surface area (Å²) in [6.07, 6.45) is 3.77. The van der Waals surface area contributed by atoms with E-state index in [0.29, 0.717) is 12.0 Å². The van der Waals surface area contributed by atoms with E-state index in [-0.39, 0.29) is 29.4 Å². The molecule has 1 spiro atoms. The van der Waals surface area contributed by atoms with Crippen LogP contribution in [0.5, 0.6) is 5.75 Å². The average molecular weight is 330 g/mol. The normalized spacial score (nSPS) is 24.5. The van der Waals surface area contributed by atoms with Gasteiger partial charge in [0.1, 0.15) is 5.75 Å². The van der Waals surface area contributed by atoms with Crippen LogP contribution in [0.15, 0.2) is 24.3 Å². The van der Waals surface area contributed by atoms with Crippen molar-refractivity contribution in [3.63, 3.8) is 0 Å². The van der Waals surface area contributed by atoms with Crippen LogP contribution in [0.1, 0.15) is 38.2 Å². The number of aromatic hydroxyl groups is 1. The fourth-order valence-corrected chi connectivity index (χ4v) is 4.08.